The Morgan fingerprint density at radius 1 is 0.880 bits per heavy atom. The molecule has 0 aliphatic heterocycles. The highest BCUT2D eigenvalue weighted by atomic mass is 16.5. The van der Waals surface area contributed by atoms with Gasteiger partial charge >= 0.3 is 0 Å². The topological polar surface area (TPSA) is 132 Å². The summed E-state index contributed by atoms with van der Waals surface area (Å²) in [5.41, 5.74) is 7.94. The lowest BCUT2D eigenvalue weighted by molar-refractivity contribution is 0.402. The molecular formula is C14H15N9O2. The molecule has 4 heterocycles. The van der Waals surface area contributed by atoms with E-state index in [-0.39, 0.29) is 11.8 Å². The van der Waals surface area contributed by atoms with Crippen LogP contribution in [0.4, 0.5) is 5.95 Å². The third kappa shape index (κ3) is 2.12. The Balaban J connectivity index is 2.03. The summed E-state index contributed by atoms with van der Waals surface area (Å²) in [4.78, 5) is 26.0. The van der Waals surface area contributed by atoms with Gasteiger partial charge in [-0.15, -0.1) is 0 Å². The average Bonchev–Trinajstić information content (AvgIpc) is 3.14. The second-order valence-electron chi connectivity index (χ2n) is 5.34. The lowest BCUT2D eigenvalue weighted by Crippen LogP contribution is -2.03. The molecule has 128 valence electrons. The smallest absolute Gasteiger partial charge is 0.246 e. The van der Waals surface area contributed by atoms with E-state index < -0.39 is 0 Å². The summed E-state index contributed by atoms with van der Waals surface area (Å²) in [6.45, 7) is 0. The van der Waals surface area contributed by atoms with Crippen molar-refractivity contribution in [1.82, 2.24) is 39.0 Å². The number of hydrogen-bond acceptors (Lipinski definition) is 9. The first kappa shape index (κ1) is 15.1. The fraction of sp³-hybridized carbons (Fsp3) is 0.286. The van der Waals surface area contributed by atoms with Crippen LogP contribution >= 0.6 is 0 Å². The molecule has 4 aromatic heterocycles. The van der Waals surface area contributed by atoms with Crippen molar-refractivity contribution in [2.24, 2.45) is 14.1 Å². The Hall–Kier alpha value is -3.50. The van der Waals surface area contributed by atoms with E-state index in [9.17, 15) is 0 Å². The molecule has 0 bridgehead atoms. The van der Waals surface area contributed by atoms with E-state index in [1.807, 2.05) is 7.05 Å². The van der Waals surface area contributed by atoms with E-state index >= 15 is 0 Å². The molecular weight excluding hydrogens is 326 g/mol. The molecule has 0 saturated heterocycles. The quantitative estimate of drug-likeness (QED) is 0.559. The van der Waals surface area contributed by atoms with Crippen LogP contribution in [0.1, 0.15) is 0 Å². The third-order valence-corrected chi connectivity index (χ3v) is 3.82. The highest BCUT2D eigenvalue weighted by Crippen LogP contribution is 2.29. The number of nitrogen functional groups attached to an aromatic ring is 1. The van der Waals surface area contributed by atoms with E-state index in [4.69, 9.17) is 15.2 Å². The van der Waals surface area contributed by atoms with Crippen LogP contribution in [0.25, 0.3) is 34.0 Å². The summed E-state index contributed by atoms with van der Waals surface area (Å²) in [5.74, 6) is 1.60. The average molecular weight is 341 g/mol. The van der Waals surface area contributed by atoms with Gasteiger partial charge in [0.25, 0.3) is 0 Å². The fourth-order valence-electron chi connectivity index (χ4n) is 2.62. The molecule has 0 atom stereocenters. The molecule has 0 aromatic carbocycles. The first-order valence-corrected chi connectivity index (χ1v) is 7.30. The fourth-order valence-corrected chi connectivity index (χ4v) is 2.62. The number of rotatable bonds is 3. The molecule has 0 aliphatic rings. The summed E-state index contributed by atoms with van der Waals surface area (Å²) < 4.78 is 14.1. The number of imidazole rings is 2. The molecule has 0 unspecified atom stereocenters. The van der Waals surface area contributed by atoms with E-state index in [0.29, 0.717) is 39.9 Å². The van der Waals surface area contributed by atoms with Crippen molar-refractivity contribution in [2.75, 3.05) is 20.0 Å². The van der Waals surface area contributed by atoms with Gasteiger partial charge < -0.3 is 24.3 Å². The van der Waals surface area contributed by atoms with Crippen molar-refractivity contribution >= 4 is 28.3 Å². The molecule has 2 N–H and O–H groups in total. The maximum Gasteiger partial charge on any atom is 0.246 e. The van der Waals surface area contributed by atoms with Crippen molar-refractivity contribution in [3.05, 3.63) is 6.33 Å². The monoisotopic (exact) mass is 341 g/mol. The van der Waals surface area contributed by atoms with Crippen molar-refractivity contribution in [3.8, 4) is 23.4 Å². The second kappa shape index (κ2) is 5.26. The minimum absolute atomic E-state index is 0.0967. The molecule has 0 saturated carbocycles. The van der Waals surface area contributed by atoms with Crippen LogP contribution in [0.2, 0.25) is 0 Å². The SMILES string of the molecule is COc1nc(-c2nc3c(OC)nc(N)nc3n2C)nc2c1ncn2C. The van der Waals surface area contributed by atoms with Crippen LogP contribution in [0.5, 0.6) is 11.8 Å². The number of nitrogens with two attached hydrogens (primary N) is 1. The number of anilines is 1. The van der Waals surface area contributed by atoms with E-state index in [2.05, 4.69) is 29.9 Å². The molecule has 0 spiro atoms. The summed E-state index contributed by atoms with van der Waals surface area (Å²) >= 11 is 0. The van der Waals surface area contributed by atoms with E-state index in [1.165, 1.54) is 14.2 Å². The Morgan fingerprint density at radius 2 is 1.60 bits per heavy atom. The predicted molar refractivity (Wildman–Crippen MR) is 89.1 cm³/mol. The van der Waals surface area contributed by atoms with Gasteiger partial charge in [0.05, 0.1) is 20.5 Å². The minimum Gasteiger partial charge on any atom is -0.479 e. The van der Waals surface area contributed by atoms with Gasteiger partial charge in [-0.1, -0.05) is 0 Å². The Kier molecular flexibility index (Phi) is 3.17. The molecule has 0 aliphatic carbocycles. The Bertz CT molecular complexity index is 1110. The molecule has 11 nitrogen and oxygen atoms in total. The van der Waals surface area contributed by atoms with Crippen LogP contribution in [0, 0.1) is 0 Å². The van der Waals surface area contributed by atoms with Crippen molar-refractivity contribution in [2.45, 2.75) is 0 Å². The number of aromatic nitrogens is 8. The number of aryl methyl sites for hydroxylation is 2. The molecule has 4 rings (SSSR count). The van der Waals surface area contributed by atoms with Crippen molar-refractivity contribution < 1.29 is 9.47 Å². The minimum atomic E-state index is 0.0967. The number of ether oxygens (including phenoxy) is 2. The van der Waals surface area contributed by atoms with Crippen LogP contribution in [0.15, 0.2) is 6.33 Å². The zero-order valence-corrected chi connectivity index (χ0v) is 14.0. The summed E-state index contributed by atoms with van der Waals surface area (Å²) in [6, 6.07) is 0. The number of hydrogen-bond donors (Lipinski definition) is 1. The van der Waals surface area contributed by atoms with Crippen molar-refractivity contribution in [3.63, 3.8) is 0 Å². The van der Waals surface area contributed by atoms with Gasteiger partial charge in [-0.2, -0.15) is 15.0 Å². The van der Waals surface area contributed by atoms with Gasteiger partial charge in [0, 0.05) is 14.1 Å². The Labute approximate surface area is 141 Å². The number of fused-ring (bicyclic) bond motifs is 2. The highest BCUT2D eigenvalue weighted by molar-refractivity contribution is 5.83. The van der Waals surface area contributed by atoms with Crippen molar-refractivity contribution in [1.29, 1.82) is 0 Å². The van der Waals surface area contributed by atoms with Gasteiger partial charge in [-0.05, 0) is 0 Å². The Morgan fingerprint density at radius 3 is 2.32 bits per heavy atom. The zero-order valence-electron chi connectivity index (χ0n) is 14.0. The first-order valence-electron chi connectivity index (χ1n) is 7.30. The van der Waals surface area contributed by atoms with Gasteiger partial charge in [-0.25, -0.2) is 15.0 Å². The maximum absolute atomic E-state index is 5.74. The molecule has 0 fully saturated rings. The highest BCUT2D eigenvalue weighted by Gasteiger charge is 2.21. The molecule has 11 heteroatoms. The number of nitrogens with zero attached hydrogens (tertiary/aromatic N) is 8. The molecule has 25 heavy (non-hydrogen) atoms. The van der Waals surface area contributed by atoms with Gasteiger partial charge in [-0.3, -0.25) is 0 Å². The normalized spacial score (nSPS) is 11.4. The van der Waals surface area contributed by atoms with E-state index in [1.54, 1.807) is 22.5 Å². The van der Waals surface area contributed by atoms with Crippen LogP contribution in [0.3, 0.4) is 0 Å². The standard InChI is InChI=1S/C14H15N9O2/c1-22-5-16-6-9(22)18-8(19-12(6)24-3)11-17-7-10(23(11)2)20-14(15)21-13(7)25-4/h5H,1-4H3,(H2,15,20,21). The lowest BCUT2D eigenvalue weighted by atomic mass is 10.4. The lowest BCUT2D eigenvalue weighted by Gasteiger charge is -2.05. The zero-order chi connectivity index (χ0) is 17.7. The van der Waals surface area contributed by atoms with Gasteiger partial charge in [0.15, 0.2) is 28.2 Å². The number of methoxy groups -OCH3 is 2. The summed E-state index contributed by atoms with van der Waals surface area (Å²) in [5, 5.41) is 0. The van der Waals surface area contributed by atoms with Crippen LogP contribution in [-0.2, 0) is 14.1 Å². The van der Waals surface area contributed by atoms with Crippen LogP contribution in [-0.4, -0.2) is 53.3 Å². The van der Waals surface area contributed by atoms with Gasteiger partial charge in [0.1, 0.15) is 0 Å². The van der Waals surface area contributed by atoms with E-state index in [0.717, 1.165) is 0 Å². The van der Waals surface area contributed by atoms with Crippen LogP contribution < -0.4 is 15.2 Å². The molecule has 0 amide bonds. The molecule has 0 radical (unpaired) electrons. The summed E-state index contributed by atoms with van der Waals surface area (Å²) in [6.07, 6.45) is 1.65. The molecule has 4 aromatic rings. The third-order valence-electron chi connectivity index (χ3n) is 3.82. The first-order chi connectivity index (χ1) is 12.0. The maximum atomic E-state index is 5.74. The predicted octanol–water partition coefficient (Wildman–Crippen LogP) is 0.306. The van der Waals surface area contributed by atoms with Gasteiger partial charge in [0.2, 0.25) is 23.5 Å². The second-order valence-corrected chi connectivity index (χ2v) is 5.34. The summed E-state index contributed by atoms with van der Waals surface area (Å²) in [7, 11) is 6.66. The largest absolute Gasteiger partial charge is 0.479 e.